The monoisotopic (exact) mass is 339 g/mol. The van der Waals surface area contributed by atoms with E-state index in [9.17, 15) is 4.79 Å². The van der Waals surface area contributed by atoms with Crippen molar-refractivity contribution < 1.29 is 4.79 Å². The summed E-state index contributed by atoms with van der Waals surface area (Å²) in [7, 11) is 0. The first kappa shape index (κ1) is 16.8. The molecule has 0 aliphatic carbocycles. The van der Waals surface area contributed by atoms with E-state index in [2.05, 4.69) is 44.8 Å². The zero-order valence-corrected chi connectivity index (χ0v) is 14.3. The molecule has 2 N–H and O–H groups in total. The Labute approximate surface area is 145 Å². The van der Waals surface area contributed by atoms with Gasteiger partial charge in [0.1, 0.15) is 0 Å². The molecule has 0 bridgehead atoms. The van der Waals surface area contributed by atoms with Gasteiger partial charge in [0.05, 0.1) is 12.4 Å². The van der Waals surface area contributed by atoms with Gasteiger partial charge >= 0.3 is 0 Å². The summed E-state index contributed by atoms with van der Waals surface area (Å²) in [6.45, 7) is 4.78. The minimum atomic E-state index is -0.284. The predicted octanol–water partition coefficient (Wildman–Crippen LogP) is 1.96. The van der Waals surface area contributed by atoms with Crippen LogP contribution in [0.2, 0.25) is 0 Å². The maximum absolute atomic E-state index is 12.7. The highest BCUT2D eigenvalue weighted by Crippen LogP contribution is 2.21. The molecule has 3 rings (SSSR count). The van der Waals surface area contributed by atoms with Crippen molar-refractivity contribution >= 4 is 5.91 Å². The number of carbonyl (C=O) groups excluding carboxylic acids is 1. The Morgan fingerprint density at radius 3 is 2.96 bits per heavy atom. The highest BCUT2D eigenvalue weighted by atomic mass is 16.1. The van der Waals surface area contributed by atoms with Gasteiger partial charge in [-0.25, -0.2) is 4.98 Å². The first-order valence-electron chi connectivity index (χ1n) is 8.26. The molecule has 0 radical (unpaired) electrons. The van der Waals surface area contributed by atoms with E-state index < -0.39 is 0 Å². The van der Waals surface area contributed by atoms with Gasteiger partial charge in [0, 0.05) is 24.5 Å². The van der Waals surface area contributed by atoms with Crippen LogP contribution in [0.25, 0.3) is 0 Å². The third-order valence-electron chi connectivity index (χ3n) is 4.25. The highest BCUT2D eigenvalue weighted by molar-refractivity contribution is 5.94. The van der Waals surface area contributed by atoms with E-state index in [1.165, 1.54) is 0 Å². The SMILES string of the molecule is CC[C@H](C)[C@H](NC(=O)c1cccc(Cn2ccnc2)c1)c1nn[nH]n1. The molecule has 0 unspecified atom stereocenters. The average Bonchev–Trinajstić information content (AvgIpc) is 3.33. The normalized spacial score (nSPS) is 13.4. The molecule has 8 nitrogen and oxygen atoms in total. The van der Waals surface area contributed by atoms with Crippen molar-refractivity contribution in [1.82, 2.24) is 35.5 Å². The summed E-state index contributed by atoms with van der Waals surface area (Å²) in [5, 5.41) is 17.1. The summed E-state index contributed by atoms with van der Waals surface area (Å²) in [6.07, 6.45) is 6.27. The zero-order valence-electron chi connectivity index (χ0n) is 14.3. The fourth-order valence-corrected chi connectivity index (χ4v) is 2.62. The number of hydrogen-bond acceptors (Lipinski definition) is 5. The van der Waals surface area contributed by atoms with Gasteiger partial charge in [-0.05, 0) is 23.6 Å². The lowest BCUT2D eigenvalue weighted by Gasteiger charge is -2.21. The summed E-state index contributed by atoms with van der Waals surface area (Å²) < 4.78 is 1.96. The second-order valence-corrected chi connectivity index (χ2v) is 6.04. The van der Waals surface area contributed by atoms with Gasteiger partial charge in [0.15, 0.2) is 5.82 Å². The number of benzene rings is 1. The summed E-state index contributed by atoms with van der Waals surface area (Å²) >= 11 is 0. The van der Waals surface area contributed by atoms with E-state index in [1.807, 2.05) is 29.0 Å². The molecule has 0 aliphatic rings. The molecule has 130 valence electrons. The molecule has 0 aliphatic heterocycles. The van der Waals surface area contributed by atoms with Crippen LogP contribution in [0.3, 0.4) is 0 Å². The fourth-order valence-electron chi connectivity index (χ4n) is 2.62. The molecule has 2 aromatic heterocycles. The van der Waals surface area contributed by atoms with Crippen LogP contribution in [0.1, 0.15) is 48.1 Å². The van der Waals surface area contributed by atoms with Crippen molar-refractivity contribution in [3.8, 4) is 0 Å². The predicted molar refractivity (Wildman–Crippen MR) is 91.6 cm³/mol. The number of rotatable bonds is 7. The number of tetrazole rings is 1. The van der Waals surface area contributed by atoms with E-state index >= 15 is 0 Å². The summed E-state index contributed by atoms with van der Waals surface area (Å²) in [5.74, 6) is 0.538. The first-order chi connectivity index (χ1) is 12.2. The fraction of sp³-hybridized carbons (Fsp3) is 0.353. The quantitative estimate of drug-likeness (QED) is 0.685. The van der Waals surface area contributed by atoms with Crippen molar-refractivity contribution in [3.63, 3.8) is 0 Å². The van der Waals surface area contributed by atoms with Gasteiger partial charge in [-0.3, -0.25) is 4.79 Å². The van der Waals surface area contributed by atoms with E-state index in [0.717, 1.165) is 12.0 Å². The number of nitrogens with zero attached hydrogens (tertiary/aromatic N) is 5. The number of hydrogen-bond donors (Lipinski definition) is 2. The largest absolute Gasteiger partial charge is 0.342 e. The molecule has 0 saturated heterocycles. The number of nitrogens with one attached hydrogen (secondary N) is 2. The molecule has 8 heteroatoms. The van der Waals surface area contributed by atoms with Crippen molar-refractivity contribution in [1.29, 1.82) is 0 Å². The Hall–Kier alpha value is -3.03. The number of amides is 1. The highest BCUT2D eigenvalue weighted by Gasteiger charge is 2.24. The number of carbonyl (C=O) groups is 1. The Bertz CT molecular complexity index is 798. The zero-order chi connectivity index (χ0) is 17.6. The molecular weight excluding hydrogens is 318 g/mol. The van der Waals surface area contributed by atoms with Crippen LogP contribution in [0.4, 0.5) is 0 Å². The van der Waals surface area contributed by atoms with Crippen molar-refractivity contribution in [2.24, 2.45) is 5.92 Å². The molecule has 1 amide bonds. The smallest absolute Gasteiger partial charge is 0.251 e. The van der Waals surface area contributed by atoms with Crippen molar-refractivity contribution in [3.05, 3.63) is 59.9 Å². The van der Waals surface area contributed by atoms with E-state index in [4.69, 9.17) is 0 Å². The molecule has 2 heterocycles. The molecule has 25 heavy (non-hydrogen) atoms. The van der Waals surface area contributed by atoms with Crippen molar-refractivity contribution in [2.45, 2.75) is 32.9 Å². The number of aromatic nitrogens is 6. The minimum absolute atomic E-state index is 0.150. The average molecular weight is 339 g/mol. The van der Waals surface area contributed by atoms with Crippen LogP contribution in [-0.2, 0) is 6.54 Å². The van der Waals surface area contributed by atoms with Crippen molar-refractivity contribution in [2.75, 3.05) is 0 Å². The Morgan fingerprint density at radius 2 is 2.28 bits per heavy atom. The molecule has 2 atom stereocenters. The lowest BCUT2D eigenvalue weighted by atomic mass is 9.98. The van der Waals surface area contributed by atoms with Gasteiger partial charge < -0.3 is 9.88 Å². The van der Waals surface area contributed by atoms with Crippen LogP contribution in [0.15, 0.2) is 43.0 Å². The van der Waals surface area contributed by atoms with Crippen LogP contribution >= 0.6 is 0 Å². The van der Waals surface area contributed by atoms with Gasteiger partial charge in [-0.15, -0.1) is 10.2 Å². The Balaban J connectivity index is 1.75. The van der Waals surface area contributed by atoms with Gasteiger partial charge in [0.2, 0.25) is 0 Å². The number of H-pyrrole nitrogens is 1. The third-order valence-corrected chi connectivity index (χ3v) is 4.25. The van der Waals surface area contributed by atoms with Gasteiger partial charge in [-0.2, -0.15) is 5.21 Å². The first-order valence-corrected chi connectivity index (χ1v) is 8.26. The molecule has 0 spiro atoms. The standard InChI is InChI=1S/C17H21N7O/c1-3-12(2)15(16-20-22-23-21-16)19-17(25)14-6-4-5-13(9-14)10-24-8-7-18-11-24/h4-9,11-12,15H,3,10H2,1-2H3,(H,19,25)(H,20,21,22,23)/t12-,15-/m0/s1. The maximum atomic E-state index is 12.7. The molecule has 3 aromatic rings. The lowest BCUT2D eigenvalue weighted by Crippen LogP contribution is -2.33. The number of aromatic amines is 1. The molecule has 1 aromatic carbocycles. The number of imidazole rings is 1. The molecule has 0 saturated carbocycles. The van der Waals surface area contributed by atoms with Gasteiger partial charge in [0.25, 0.3) is 5.91 Å². The van der Waals surface area contributed by atoms with E-state index in [-0.39, 0.29) is 17.9 Å². The summed E-state index contributed by atoms with van der Waals surface area (Å²) in [4.78, 5) is 16.7. The second-order valence-electron chi connectivity index (χ2n) is 6.04. The van der Waals surface area contributed by atoms with Gasteiger partial charge in [-0.1, -0.05) is 37.6 Å². The van der Waals surface area contributed by atoms with E-state index in [0.29, 0.717) is 17.9 Å². The van der Waals surface area contributed by atoms with Crippen LogP contribution in [0.5, 0.6) is 0 Å². The Kier molecular flexibility index (Phi) is 5.17. The van der Waals surface area contributed by atoms with Crippen LogP contribution in [-0.4, -0.2) is 36.1 Å². The topological polar surface area (TPSA) is 101 Å². The third kappa shape index (κ3) is 4.09. The lowest BCUT2D eigenvalue weighted by molar-refractivity contribution is 0.0920. The Morgan fingerprint density at radius 1 is 1.40 bits per heavy atom. The molecular formula is C17H21N7O. The molecule has 0 fully saturated rings. The second kappa shape index (κ2) is 7.69. The maximum Gasteiger partial charge on any atom is 0.251 e. The van der Waals surface area contributed by atoms with Crippen LogP contribution in [0, 0.1) is 5.92 Å². The summed E-state index contributed by atoms with van der Waals surface area (Å²) in [5.41, 5.74) is 1.64. The summed E-state index contributed by atoms with van der Waals surface area (Å²) in [6, 6.07) is 7.28. The van der Waals surface area contributed by atoms with Crippen LogP contribution < -0.4 is 5.32 Å². The van der Waals surface area contributed by atoms with E-state index in [1.54, 1.807) is 18.6 Å². The minimum Gasteiger partial charge on any atom is -0.342 e.